The summed E-state index contributed by atoms with van der Waals surface area (Å²) in [6.07, 6.45) is -3.88. The summed E-state index contributed by atoms with van der Waals surface area (Å²) in [5.74, 6) is -1.79. The normalized spacial score (nSPS) is 36.8. The van der Waals surface area contributed by atoms with Crippen LogP contribution in [0.4, 0.5) is 0 Å². The van der Waals surface area contributed by atoms with Crippen molar-refractivity contribution in [1.29, 1.82) is 0 Å². The predicted molar refractivity (Wildman–Crippen MR) is 53.8 cm³/mol. The van der Waals surface area contributed by atoms with Crippen LogP contribution >= 0.6 is 0 Å². The van der Waals surface area contributed by atoms with E-state index >= 15 is 0 Å². The molecule has 1 fully saturated rings. The lowest BCUT2D eigenvalue weighted by atomic mass is 10.1. The van der Waals surface area contributed by atoms with E-state index < -0.39 is 37.3 Å². The Kier molecular flexibility index (Phi) is 5.09. The number of aliphatic hydroxyl groups excluding tert-OH is 4. The molecule has 9 nitrogen and oxygen atoms in total. The molecule has 1 aliphatic rings. The van der Waals surface area contributed by atoms with Gasteiger partial charge in [0, 0.05) is 11.5 Å². The first kappa shape index (κ1) is 14.1. The van der Waals surface area contributed by atoms with Gasteiger partial charge in [-0.1, -0.05) is 5.11 Å². The smallest absolute Gasteiger partial charge is 0.221 e. The summed E-state index contributed by atoms with van der Waals surface area (Å²) in [6, 6.07) is 0. The molecule has 1 aliphatic heterocycles. The molecule has 4 N–H and O–H groups in total. The Morgan fingerprint density at radius 2 is 2.12 bits per heavy atom. The van der Waals surface area contributed by atoms with E-state index in [4.69, 9.17) is 25.2 Å². The molecule has 0 aromatic heterocycles. The highest BCUT2D eigenvalue weighted by Crippen LogP contribution is 2.32. The molecule has 0 bridgehead atoms. The third kappa shape index (κ3) is 2.85. The largest absolute Gasteiger partial charge is 0.394 e. The van der Waals surface area contributed by atoms with Crippen molar-refractivity contribution >= 4 is 0 Å². The van der Waals surface area contributed by atoms with E-state index in [0.29, 0.717) is 0 Å². The van der Waals surface area contributed by atoms with Crippen LogP contribution in [-0.2, 0) is 9.47 Å². The van der Waals surface area contributed by atoms with Crippen molar-refractivity contribution in [2.75, 3.05) is 26.4 Å². The Morgan fingerprint density at radius 1 is 1.41 bits per heavy atom. The minimum Gasteiger partial charge on any atom is -0.394 e. The topological polar surface area (TPSA) is 148 Å². The lowest BCUT2D eigenvalue weighted by molar-refractivity contribution is -0.274. The standard InChI is InChI=1S/C8H15N3O6/c9-11-10-1-2-16-8(4-13)7(15)6(14)5(3-12)17-8/h5-7,12-15H,1-4H2/t5?,6?,7?,8-/m1/s1. The fourth-order valence-electron chi connectivity index (χ4n) is 1.60. The summed E-state index contributed by atoms with van der Waals surface area (Å²) >= 11 is 0. The van der Waals surface area contributed by atoms with Crippen LogP contribution in [0.25, 0.3) is 10.4 Å². The Hall–Kier alpha value is -0.930. The van der Waals surface area contributed by atoms with Gasteiger partial charge in [0.15, 0.2) is 0 Å². The fourth-order valence-corrected chi connectivity index (χ4v) is 1.60. The highest BCUT2D eigenvalue weighted by atomic mass is 16.7. The first-order valence-corrected chi connectivity index (χ1v) is 5.01. The number of azide groups is 1. The lowest BCUT2D eigenvalue weighted by Gasteiger charge is -2.29. The minimum absolute atomic E-state index is 0.00574. The molecular formula is C8H15N3O6. The highest BCUT2D eigenvalue weighted by Gasteiger charge is 2.54. The van der Waals surface area contributed by atoms with Crippen molar-refractivity contribution in [2.24, 2.45) is 5.11 Å². The molecule has 17 heavy (non-hydrogen) atoms. The molecule has 0 radical (unpaired) electrons. The van der Waals surface area contributed by atoms with Gasteiger partial charge in [0.05, 0.1) is 13.2 Å². The monoisotopic (exact) mass is 249 g/mol. The number of hydrogen-bond donors (Lipinski definition) is 4. The molecule has 0 aromatic carbocycles. The van der Waals surface area contributed by atoms with Crippen molar-refractivity contribution in [2.45, 2.75) is 24.1 Å². The molecule has 4 atom stereocenters. The second-order valence-corrected chi connectivity index (χ2v) is 3.55. The lowest BCUT2D eigenvalue weighted by Crippen LogP contribution is -2.49. The van der Waals surface area contributed by atoms with Gasteiger partial charge in [-0.2, -0.15) is 0 Å². The summed E-state index contributed by atoms with van der Waals surface area (Å²) in [7, 11) is 0. The number of nitrogens with zero attached hydrogens (tertiary/aromatic N) is 3. The van der Waals surface area contributed by atoms with E-state index in [0.717, 1.165) is 0 Å². The SMILES string of the molecule is [N-]=[N+]=NCCO[C@]1(CO)OC(CO)C(O)C1O. The van der Waals surface area contributed by atoms with Gasteiger partial charge in [-0.25, -0.2) is 0 Å². The average Bonchev–Trinajstić information content (AvgIpc) is 2.60. The molecule has 0 aliphatic carbocycles. The summed E-state index contributed by atoms with van der Waals surface area (Å²) < 4.78 is 10.2. The van der Waals surface area contributed by atoms with E-state index in [2.05, 4.69) is 10.0 Å². The molecule has 3 unspecified atom stereocenters. The zero-order valence-corrected chi connectivity index (χ0v) is 9.01. The summed E-state index contributed by atoms with van der Waals surface area (Å²) in [6.45, 7) is -1.31. The molecule has 1 rings (SSSR count). The zero-order chi connectivity index (χ0) is 12.9. The summed E-state index contributed by atoms with van der Waals surface area (Å²) in [5.41, 5.74) is 8.05. The van der Waals surface area contributed by atoms with Crippen LogP contribution in [0.5, 0.6) is 0 Å². The molecule has 1 heterocycles. The van der Waals surface area contributed by atoms with Crippen molar-refractivity contribution in [3.05, 3.63) is 10.4 Å². The van der Waals surface area contributed by atoms with E-state index in [-0.39, 0.29) is 13.2 Å². The maximum Gasteiger partial charge on any atom is 0.221 e. The molecule has 9 heteroatoms. The van der Waals surface area contributed by atoms with Crippen LogP contribution in [0.15, 0.2) is 5.11 Å². The van der Waals surface area contributed by atoms with Crippen molar-refractivity contribution in [3.63, 3.8) is 0 Å². The van der Waals surface area contributed by atoms with Crippen LogP contribution in [0.1, 0.15) is 0 Å². The van der Waals surface area contributed by atoms with Gasteiger partial charge in [-0.3, -0.25) is 0 Å². The number of aliphatic hydroxyl groups is 4. The minimum atomic E-state index is -1.79. The van der Waals surface area contributed by atoms with E-state index in [1.807, 2.05) is 0 Å². The Balaban J connectivity index is 2.64. The average molecular weight is 249 g/mol. The van der Waals surface area contributed by atoms with Crippen LogP contribution in [0, 0.1) is 0 Å². The first-order chi connectivity index (χ1) is 8.11. The second kappa shape index (κ2) is 6.12. The number of ether oxygens (including phenoxy) is 2. The van der Waals surface area contributed by atoms with Crippen LogP contribution in [-0.4, -0.2) is 70.9 Å². The quantitative estimate of drug-likeness (QED) is 0.187. The molecule has 0 aromatic rings. The predicted octanol–water partition coefficient (Wildman–Crippen LogP) is -1.89. The second-order valence-electron chi connectivity index (χ2n) is 3.55. The van der Waals surface area contributed by atoms with Gasteiger partial charge in [0.2, 0.25) is 5.79 Å². The zero-order valence-electron chi connectivity index (χ0n) is 9.01. The highest BCUT2D eigenvalue weighted by molar-refractivity contribution is 4.96. The fraction of sp³-hybridized carbons (Fsp3) is 1.00. The van der Waals surface area contributed by atoms with Crippen molar-refractivity contribution in [3.8, 4) is 0 Å². The third-order valence-electron chi connectivity index (χ3n) is 2.51. The summed E-state index contributed by atoms with van der Waals surface area (Å²) in [5, 5.41) is 40.5. The number of rotatable bonds is 6. The van der Waals surface area contributed by atoms with Crippen LogP contribution < -0.4 is 0 Å². The number of hydrogen-bond acceptors (Lipinski definition) is 7. The van der Waals surface area contributed by atoms with E-state index in [1.54, 1.807) is 0 Å². The van der Waals surface area contributed by atoms with Gasteiger partial charge in [0.1, 0.15) is 24.9 Å². The molecular weight excluding hydrogens is 234 g/mol. The molecule has 0 amide bonds. The van der Waals surface area contributed by atoms with E-state index in [1.165, 1.54) is 0 Å². The Bertz CT molecular complexity index is 297. The Labute approximate surface area is 96.8 Å². The molecule has 98 valence electrons. The van der Waals surface area contributed by atoms with Crippen molar-refractivity contribution < 1.29 is 29.9 Å². The molecule has 0 spiro atoms. The first-order valence-electron chi connectivity index (χ1n) is 5.01. The van der Waals surface area contributed by atoms with Gasteiger partial charge in [0.25, 0.3) is 0 Å². The molecule has 0 saturated carbocycles. The van der Waals surface area contributed by atoms with Crippen LogP contribution in [0.3, 0.4) is 0 Å². The van der Waals surface area contributed by atoms with Gasteiger partial charge in [-0.05, 0) is 5.53 Å². The van der Waals surface area contributed by atoms with Gasteiger partial charge in [-0.15, -0.1) is 0 Å². The third-order valence-corrected chi connectivity index (χ3v) is 2.51. The maximum absolute atomic E-state index is 9.69. The van der Waals surface area contributed by atoms with Crippen LogP contribution in [0.2, 0.25) is 0 Å². The van der Waals surface area contributed by atoms with Crippen molar-refractivity contribution in [1.82, 2.24) is 0 Å². The molecule has 1 saturated heterocycles. The van der Waals surface area contributed by atoms with Gasteiger partial charge >= 0.3 is 0 Å². The Morgan fingerprint density at radius 3 is 2.59 bits per heavy atom. The van der Waals surface area contributed by atoms with E-state index in [9.17, 15) is 10.2 Å². The van der Waals surface area contributed by atoms with Gasteiger partial charge < -0.3 is 29.9 Å². The maximum atomic E-state index is 9.69. The summed E-state index contributed by atoms with van der Waals surface area (Å²) in [4.78, 5) is 2.50.